The summed E-state index contributed by atoms with van der Waals surface area (Å²) in [6.45, 7) is 3.29. The monoisotopic (exact) mass is 407 g/mol. The summed E-state index contributed by atoms with van der Waals surface area (Å²) in [5, 5.41) is 4.19. The molecule has 3 rings (SSSR count). The molecule has 2 aromatic heterocycles. The number of carbonyl (C=O) groups is 2. The van der Waals surface area contributed by atoms with Gasteiger partial charge in [0.05, 0.1) is 17.2 Å². The van der Waals surface area contributed by atoms with Gasteiger partial charge in [-0.25, -0.2) is 18.6 Å². The van der Waals surface area contributed by atoms with Gasteiger partial charge < -0.3 is 4.74 Å². The van der Waals surface area contributed by atoms with Gasteiger partial charge in [-0.2, -0.15) is 9.49 Å². The van der Waals surface area contributed by atoms with Crippen molar-refractivity contribution in [3.05, 3.63) is 58.7 Å². The standard InChI is InChI=1S/C19H16ClF2N3O3/c1-10(2)28-19(27)24(3)18(26)16-14-8-12(20)9-15(22)25(14)23-17(16)11-4-6-13(21)7-5-11/h4-10H,1-3H3. The third kappa shape index (κ3) is 3.68. The van der Waals surface area contributed by atoms with E-state index in [4.69, 9.17) is 16.3 Å². The first kappa shape index (κ1) is 19.8. The van der Waals surface area contributed by atoms with Gasteiger partial charge in [0, 0.05) is 23.7 Å². The van der Waals surface area contributed by atoms with Crippen LogP contribution < -0.4 is 0 Å². The van der Waals surface area contributed by atoms with Crippen molar-refractivity contribution in [3.63, 3.8) is 0 Å². The van der Waals surface area contributed by atoms with Gasteiger partial charge in [-0.15, -0.1) is 0 Å². The molecule has 2 heterocycles. The van der Waals surface area contributed by atoms with E-state index in [9.17, 15) is 18.4 Å². The molecule has 0 aliphatic rings. The number of aromatic nitrogens is 2. The lowest BCUT2D eigenvalue weighted by Crippen LogP contribution is -2.35. The molecule has 6 nitrogen and oxygen atoms in total. The fourth-order valence-electron chi connectivity index (χ4n) is 2.63. The molecule has 0 atom stereocenters. The van der Waals surface area contributed by atoms with E-state index in [1.807, 2.05) is 0 Å². The molecule has 0 N–H and O–H groups in total. The van der Waals surface area contributed by atoms with Crippen LogP contribution in [0.3, 0.4) is 0 Å². The molecule has 146 valence electrons. The van der Waals surface area contributed by atoms with E-state index in [-0.39, 0.29) is 21.8 Å². The lowest BCUT2D eigenvalue weighted by Gasteiger charge is -2.17. The number of imide groups is 1. The van der Waals surface area contributed by atoms with Crippen LogP contribution in [-0.2, 0) is 4.74 Å². The second-order valence-corrected chi connectivity index (χ2v) is 6.76. The first-order chi connectivity index (χ1) is 13.2. The summed E-state index contributed by atoms with van der Waals surface area (Å²) in [5.41, 5.74) is 0.458. The summed E-state index contributed by atoms with van der Waals surface area (Å²) in [7, 11) is 1.24. The lowest BCUT2D eigenvalue weighted by atomic mass is 10.1. The van der Waals surface area contributed by atoms with Crippen LogP contribution in [0, 0.1) is 11.8 Å². The van der Waals surface area contributed by atoms with Gasteiger partial charge in [-0.3, -0.25) is 4.79 Å². The molecule has 2 amide bonds. The number of amides is 2. The van der Waals surface area contributed by atoms with Crippen molar-refractivity contribution in [3.8, 4) is 11.3 Å². The fourth-order valence-corrected chi connectivity index (χ4v) is 2.82. The van der Waals surface area contributed by atoms with Crippen molar-refractivity contribution in [2.24, 2.45) is 0 Å². The van der Waals surface area contributed by atoms with E-state index in [0.717, 1.165) is 15.5 Å². The molecule has 0 unspecified atom stereocenters. The Morgan fingerprint density at radius 2 is 1.82 bits per heavy atom. The summed E-state index contributed by atoms with van der Waals surface area (Å²) in [5.74, 6) is -2.04. The molecular formula is C19H16ClF2N3O3. The highest BCUT2D eigenvalue weighted by molar-refractivity contribution is 6.31. The van der Waals surface area contributed by atoms with Crippen LogP contribution in [0.25, 0.3) is 16.8 Å². The number of nitrogens with zero attached hydrogens (tertiary/aromatic N) is 3. The van der Waals surface area contributed by atoms with Crippen LogP contribution in [0.1, 0.15) is 24.2 Å². The average molecular weight is 408 g/mol. The van der Waals surface area contributed by atoms with Crippen molar-refractivity contribution >= 4 is 29.1 Å². The van der Waals surface area contributed by atoms with Crippen LogP contribution in [0.2, 0.25) is 5.02 Å². The molecule has 0 radical (unpaired) electrons. The molecule has 0 aliphatic carbocycles. The van der Waals surface area contributed by atoms with Crippen molar-refractivity contribution in [1.82, 2.24) is 14.5 Å². The van der Waals surface area contributed by atoms with Crippen LogP contribution in [0.5, 0.6) is 0 Å². The summed E-state index contributed by atoms with van der Waals surface area (Å²) in [6, 6.07) is 7.58. The number of halogens is 3. The Hall–Kier alpha value is -3.00. The van der Waals surface area contributed by atoms with E-state index < -0.39 is 29.9 Å². The topological polar surface area (TPSA) is 63.9 Å². The molecule has 1 aromatic carbocycles. The minimum atomic E-state index is -0.869. The molecule has 0 bridgehead atoms. The van der Waals surface area contributed by atoms with Gasteiger partial charge in [0.2, 0.25) is 5.95 Å². The lowest BCUT2D eigenvalue weighted by molar-refractivity contribution is 0.0629. The van der Waals surface area contributed by atoms with Gasteiger partial charge in [0.25, 0.3) is 5.91 Å². The van der Waals surface area contributed by atoms with Crippen LogP contribution in [-0.4, -0.2) is 39.7 Å². The number of benzene rings is 1. The maximum Gasteiger partial charge on any atom is 0.416 e. The minimum Gasteiger partial charge on any atom is -0.446 e. The second-order valence-electron chi connectivity index (χ2n) is 6.32. The van der Waals surface area contributed by atoms with E-state index in [1.54, 1.807) is 13.8 Å². The van der Waals surface area contributed by atoms with E-state index >= 15 is 0 Å². The normalized spacial score (nSPS) is 11.1. The highest BCUT2D eigenvalue weighted by Gasteiger charge is 2.29. The molecular weight excluding hydrogens is 392 g/mol. The average Bonchev–Trinajstić information content (AvgIpc) is 3.00. The SMILES string of the molecule is CC(C)OC(=O)N(C)C(=O)c1c(-c2ccc(F)cc2)nn2c(F)cc(Cl)cc12. The Morgan fingerprint density at radius 3 is 2.43 bits per heavy atom. The first-order valence-corrected chi connectivity index (χ1v) is 8.69. The number of pyridine rings is 1. The zero-order chi connectivity index (χ0) is 20.6. The maximum absolute atomic E-state index is 14.4. The summed E-state index contributed by atoms with van der Waals surface area (Å²) in [6.07, 6.45) is -1.30. The summed E-state index contributed by atoms with van der Waals surface area (Å²) in [4.78, 5) is 26.0. The fraction of sp³-hybridized carbons (Fsp3) is 0.211. The molecule has 0 saturated carbocycles. The zero-order valence-electron chi connectivity index (χ0n) is 15.2. The Bertz CT molecular complexity index is 1060. The van der Waals surface area contributed by atoms with E-state index in [1.165, 1.54) is 37.4 Å². The Labute approximate surface area is 164 Å². The quantitative estimate of drug-likeness (QED) is 0.597. The van der Waals surface area contributed by atoms with Crippen LogP contribution in [0.4, 0.5) is 13.6 Å². The predicted octanol–water partition coefficient (Wildman–Crippen LogP) is 4.55. The smallest absolute Gasteiger partial charge is 0.416 e. The number of fused-ring (bicyclic) bond motifs is 1. The van der Waals surface area contributed by atoms with Gasteiger partial charge in [0.15, 0.2) is 0 Å². The van der Waals surface area contributed by atoms with Crippen molar-refractivity contribution < 1.29 is 23.1 Å². The third-order valence-corrected chi connectivity index (χ3v) is 4.12. The van der Waals surface area contributed by atoms with Crippen molar-refractivity contribution in [1.29, 1.82) is 0 Å². The second kappa shape index (κ2) is 7.55. The number of hydrogen-bond donors (Lipinski definition) is 0. The highest BCUT2D eigenvalue weighted by atomic mass is 35.5. The van der Waals surface area contributed by atoms with E-state index in [2.05, 4.69) is 5.10 Å². The largest absolute Gasteiger partial charge is 0.446 e. The van der Waals surface area contributed by atoms with Gasteiger partial charge >= 0.3 is 6.09 Å². The van der Waals surface area contributed by atoms with Crippen molar-refractivity contribution in [2.45, 2.75) is 20.0 Å². The van der Waals surface area contributed by atoms with Crippen LogP contribution >= 0.6 is 11.6 Å². The first-order valence-electron chi connectivity index (χ1n) is 8.31. The molecule has 0 spiro atoms. The third-order valence-electron chi connectivity index (χ3n) is 3.90. The number of rotatable bonds is 3. The Morgan fingerprint density at radius 1 is 1.18 bits per heavy atom. The van der Waals surface area contributed by atoms with Gasteiger partial charge in [-0.1, -0.05) is 11.6 Å². The molecule has 0 aliphatic heterocycles. The molecule has 3 aromatic rings. The highest BCUT2D eigenvalue weighted by Crippen LogP contribution is 2.30. The Balaban J connectivity index is 2.21. The summed E-state index contributed by atoms with van der Waals surface area (Å²) >= 11 is 5.94. The van der Waals surface area contributed by atoms with Crippen molar-refractivity contribution in [2.75, 3.05) is 7.05 Å². The minimum absolute atomic E-state index is 0.0528. The van der Waals surface area contributed by atoms with Gasteiger partial charge in [-0.05, 0) is 44.2 Å². The van der Waals surface area contributed by atoms with Crippen LogP contribution in [0.15, 0.2) is 36.4 Å². The maximum atomic E-state index is 14.4. The summed E-state index contributed by atoms with van der Waals surface area (Å²) < 4.78 is 33.6. The van der Waals surface area contributed by atoms with E-state index in [0.29, 0.717) is 5.56 Å². The molecule has 0 saturated heterocycles. The zero-order valence-corrected chi connectivity index (χ0v) is 16.0. The predicted molar refractivity (Wildman–Crippen MR) is 99.3 cm³/mol. The number of carbonyl (C=O) groups excluding carboxylic acids is 2. The molecule has 9 heteroatoms. The van der Waals surface area contributed by atoms with Gasteiger partial charge in [0.1, 0.15) is 11.5 Å². The number of hydrogen-bond acceptors (Lipinski definition) is 4. The molecule has 28 heavy (non-hydrogen) atoms. The number of ether oxygens (including phenoxy) is 1. The molecule has 0 fully saturated rings. The Kier molecular flexibility index (Phi) is 5.33.